The van der Waals surface area contributed by atoms with Crippen molar-refractivity contribution in [3.05, 3.63) is 77.1 Å². The largest absolute Gasteiger partial charge is 0.325 e. The minimum atomic E-state index is -0.791. The van der Waals surface area contributed by atoms with E-state index in [-0.39, 0.29) is 30.2 Å². The van der Waals surface area contributed by atoms with E-state index in [1.165, 1.54) is 6.07 Å². The topological polar surface area (TPSA) is 70.7 Å². The van der Waals surface area contributed by atoms with Crippen LogP contribution in [0.25, 0.3) is 0 Å². The van der Waals surface area contributed by atoms with Crippen molar-refractivity contribution in [2.24, 2.45) is 0 Å². The van der Waals surface area contributed by atoms with E-state index in [2.05, 4.69) is 20.5 Å². The molecule has 1 aromatic heterocycles. The van der Waals surface area contributed by atoms with Crippen LogP contribution in [0, 0.1) is 17.5 Å². The van der Waals surface area contributed by atoms with Crippen molar-refractivity contribution in [3.63, 3.8) is 0 Å². The number of nitrogens with zero attached hydrogens (tertiary/aromatic N) is 2. The van der Waals surface area contributed by atoms with E-state index in [0.29, 0.717) is 17.5 Å². The van der Waals surface area contributed by atoms with Crippen LogP contribution in [0.15, 0.2) is 42.5 Å². The van der Waals surface area contributed by atoms with Gasteiger partial charge in [-0.1, -0.05) is 18.2 Å². The van der Waals surface area contributed by atoms with E-state index in [0.717, 1.165) is 12.1 Å². The molecule has 128 valence electrons. The maximum absolute atomic E-state index is 13.6. The Kier molecular flexibility index (Phi) is 4.78. The molecule has 0 aliphatic heterocycles. The van der Waals surface area contributed by atoms with Crippen LogP contribution in [0.4, 0.5) is 18.9 Å². The summed E-state index contributed by atoms with van der Waals surface area (Å²) in [4.78, 5) is 16.0. The van der Waals surface area contributed by atoms with Gasteiger partial charge in [0.05, 0.1) is 6.42 Å². The summed E-state index contributed by atoms with van der Waals surface area (Å²) in [5.41, 5.74) is 0.453. The van der Waals surface area contributed by atoms with Crippen molar-refractivity contribution in [2.45, 2.75) is 12.8 Å². The van der Waals surface area contributed by atoms with Crippen molar-refractivity contribution in [2.75, 3.05) is 5.32 Å². The summed E-state index contributed by atoms with van der Waals surface area (Å²) in [6, 6.07) is 8.98. The number of rotatable bonds is 5. The van der Waals surface area contributed by atoms with Crippen molar-refractivity contribution in [1.29, 1.82) is 0 Å². The molecule has 0 saturated heterocycles. The molecule has 25 heavy (non-hydrogen) atoms. The zero-order chi connectivity index (χ0) is 17.8. The average molecular weight is 346 g/mol. The highest BCUT2D eigenvalue weighted by Gasteiger charge is 2.12. The van der Waals surface area contributed by atoms with E-state index in [9.17, 15) is 18.0 Å². The molecule has 2 N–H and O–H groups in total. The summed E-state index contributed by atoms with van der Waals surface area (Å²) in [7, 11) is 0. The number of aromatic nitrogens is 3. The number of anilines is 1. The van der Waals surface area contributed by atoms with Crippen LogP contribution >= 0.6 is 0 Å². The van der Waals surface area contributed by atoms with Gasteiger partial charge in [0.15, 0.2) is 5.82 Å². The van der Waals surface area contributed by atoms with Gasteiger partial charge in [0.25, 0.3) is 0 Å². The van der Waals surface area contributed by atoms with Gasteiger partial charge in [-0.25, -0.2) is 18.2 Å². The molecule has 0 bridgehead atoms. The first-order valence-corrected chi connectivity index (χ1v) is 7.39. The lowest BCUT2D eigenvalue weighted by molar-refractivity contribution is -0.115. The van der Waals surface area contributed by atoms with Crippen LogP contribution in [0.5, 0.6) is 0 Å². The predicted octanol–water partition coefficient (Wildman–Crippen LogP) is 2.99. The van der Waals surface area contributed by atoms with Crippen LogP contribution in [-0.4, -0.2) is 21.1 Å². The molecule has 0 aliphatic rings. The molecule has 3 aromatic rings. The van der Waals surface area contributed by atoms with Gasteiger partial charge in [0.1, 0.15) is 23.3 Å². The average Bonchev–Trinajstić information content (AvgIpc) is 2.95. The fraction of sp³-hybridized carbons (Fsp3) is 0.118. The second kappa shape index (κ2) is 7.16. The lowest BCUT2D eigenvalue weighted by Gasteiger charge is -2.04. The molecule has 5 nitrogen and oxygen atoms in total. The molecule has 0 fully saturated rings. The summed E-state index contributed by atoms with van der Waals surface area (Å²) in [5.74, 6) is -1.86. The van der Waals surface area contributed by atoms with Crippen molar-refractivity contribution in [1.82, 2.24) is 15.2 Å². The minimum Gasteiger partial charge on any atom is -0.325 e. The normalized spacial score (nSPS) is 10.7. The Hall–Kier alpha value is -3.16. The van der Waals surface area contributed by atoms with E-state index in [1.807, 2.05) is 0 Å². The highest BCUT2D eigenvalue weighted by atomic mass is 19.1. The Balaban J connectivity index is 1.63. The first kappa shape index (κ1) is 16.7. The van der Waals surface area contributed by atoms with Gasteiger partial charge in [-0.15, -0.1) is 0 Å². The highest BCUT2D eigenvalue weighted by Crippen LogP contribution is 2.14. The van der Waals surface area contributed by atoms with Gasteiger partial charge in [0.2, 0.25) is 5.91 Å². The Morgan fingerprint density at radius 2 is 1.80 bits per heavy atom. The first-order valence-electron chi connectivity index (χ1n) is 7.39. The summed E-state index contributed by atoms with van der Waals surface area (Å²) in [6.07, 6.45) is 0.0162. The standard InChI is InChI=1S/C17H13F3N4O/c18-11-6-12(19)8-13(7-11)21-17(25)9-16-22-15(23-24-16)5-10-3-1-2-4-14(10)20/h1-4,6-8H,5,9H2,(H,21,25)(H,22,23,24). The fourth-order valence-corrected chi connectivity index (χ4v) is 2.29. The highest BCUT2D eigenvalue weighted by molar-refractivity contribution is 5.91. The van der Waals surface area contributed by atoms with Crippen LogP contribution < -0.4 is 5.32 Å². The monoisotopic (exact) mass is 346 g/mol. The zero-order valence-electron chi connectivity index (χ0n) is 12.9. The third-order valence-electron chi connectivity index (χ3n) is 3.36. The number of hydrogen-bond acceptors (Lipinski definition) is 3. The number of amides is 1. The molecule has 1 amide bonds. The summed E-state index contributed by atoms with van der Waals surface area (Å²) < 4.78 is 39.8. The van der Waals surface area contributed by atoms with E-state index >= 15 is 0 Å². The Morgan fingerprint density at radius 3 is 2.52 bits per heavy atom. The molecule has 0 aliphatic carbocycles. The lowest BCUT2D eigenvalue weighted by Crippen LogP contribution is -2.15. The number of hydrogen-bond donors (Lipinski definition) is 2. The molecule has 8 heteroatoms. The lowest BCUT2D eigenvalue weighted by atomic mass is 10.1. The SMILES string of the molecule is O=C(Cc1n[nH]c(Cc2ccccc2F)n1)Nc1cc(F)cc(F)c1. The number of nitrogens with one attached hydrogen (secondary N) is 2. The molecule has 0 spiro atoms. The summed E-state index contributed by atoms with van der Waals surface area (Å²) in [6.45, 7) is 0. The maximum Gasteiger partial charge on any atom is 0.232 e. The molecular weight excluding hydrogens is 333 g/mol. The maximum atomic E-state index is 13.6. The van der Waals surface area contributed by atoms with Gasteiger partial charge in [0, 0.05) is 18.2 Å². The molecule has 3 rings (SSSR count). The Labute approximate surface area is 140 Å². The van der Waals surface area contributed by atoms with Crippen LogP contribution in [0.3, 0.4) is 0 Å². The molecular formula is C17H13F3N4O. The van der Waals surface area contributed by atoms with Crippen LogP contribution in [0.1, 0.15) is 17.2 Å². The van der Waals surface area contributed by atoms with Gasteiger partial charge >= 0.3 is 0 Å². The van der Waals surface area contributed by atoms with Gasteiger partial charge in [-0.3, -0.25) is 9.89 Å². The Bertz CT molecular complexity index is 890. The molecule has 1 heterocycles. The fourth-order valence-electron chi connectivity index (χ4n) is 2.29. The second-order valence-electron chi connectivity index (χ2n) is 5.35. The third-order valence-corrected chi connectivity index (χ3v) is 3.36. The van der Waals surface area contributed by atoms with E-state index < -0.39 is 17.5 Å². The second-order valence-corrected chi connectivity index (χ2v) is 5.35. The number of benzene rings is 2. The van der Waals surface area contributed by atoms with Crippen molar-refractivity contribution >= 4 is 11.6 Å². The van der Waals surface area contributed by atoms with Gasteiger partial charge in [-0.05, 0) is 23.8 Å². The quantitative estimate of drug-likeness (QED) is 0.746. The van der Waals surface area contributed by atoms with E-state index in [1.54, 1.807) is 18.2 Å². The van der Waals surface area contributed by atoms with Crippen molar-refractivity contribution in [3.8, 4) is 0 Å². The smallest absolute Gasteiger partial charge is 0.232 e. The molecule has 0 saturated carbocycles. The molecule has 0 atom stereocenters. The first-order chi connectivity index (χ1) is 12.0. The number of halogens is 3. The van der Waals surface area contributed by atoms with Crippen LogP contribution in [-0.2, 0) is 17.6 Å². The third kappa shape index (κ3) is 4.43. The minimum absolute atomic E-state index is 0.00427. The van der Waals surface area contributed by atoms with Crippen molar-refractivity contribution < 1.29 is 18.0 Å². The molecule has 0 unspecified atom stereocenters. The number of H-pyrrole nitrogens is 1. The van der Waals surface area contributed by atoms with E-state index in [4.69, 9.17) is 0 Å². The molecule has 2 aromatic carbocycles. The van der Waals surface area contributed by atoms with Crippen LogP contribution in [0.2, 0.25) is 0 Å². The van der Waals surface area contributed by atoms with Gasteiger partial charge in [-0.2, -0.15) is 5.10 Å². The predicted molar refractivity (Wildman–Crippen MR) is 84.3 cm³/mol. The summed E-state index contributed by atoms with van der Waals surface area (Å²) in [5, 5.41) is 8.90. The molecule has 0 radical (unpaired) electrons. The van der Waals surface area contributed by atoms with Gasteiger partial charge < -0.3 is 5.32 Å². The summed E-state index contributed by atoms with van der Waals surface area (Å²) >= 11 is 0. The number of carbonyl (C=O) groups is 1. The number of carbonyl (C=O) groups excluding carboxylic acids is 1. The Morgan fingerprint density at radius 1 is 1.08 bits per heavy atom. The zero-order valence-corrected chi connectivity index (χ0v) is 12.9. The number of aromatic amines is 1.